The van der Waals surface area contributed by atoms with Crippen molar-refractivity contribution < 1.29 is 14.8 Å². The summed E-state index contributed by atoms with van der Waals surface area (Å²) in [4.78, 5) is 21.2. The van der Waals surface area contributed by atoms with E-state index in [1.54, 1.807) is 6.07 Å². The molecule has 2 N–H and O–H groups in total. The largest absolute Gasteiger partial charge is 0.481 e. The molecule has 0 saturated heterocycles. The summed E-state index contributed by atoms with van der Waals surface area (Å²) < 4.78 is 0. The van der Waals surface area contributed by atoms with Crippen molar-refractivity contribution in [1.82, 2.24) is 5.32 Å². The summed E-state index contributed by atoms with van der Waals surface area (Å²) in [7, 11) is 0. The number of nitrogens with one attached hydrogen (secondary N) is 1. The van der Waals surface area contributed by atoms with Gasteiger partial charge in [0.2, 0.25) is 0 Å². The lowest BCUT2D eigenvalue weighted by molar-refractivity contribution is -0.384. The van der Waals surface area contributed by atoms with Crippen LogP contribution in [0.4, 0.5) is 5.69 Å². The highest BCUT2D eigenvalue weighted by Crippen LogP contribution is 2.26. The van der Waals surface area contributed by atoms with Gasteiger partial charge in [0.25, 0.3) is 5.69 Å². The standard InChI is InChI=1S/C14H17ClN2O4/c15-13-7-12(17(20)21)5-4-10(13)8-16-11-3-1-2-9(6-11)14(18)19/h4-5,7,9,11,16H,1-3,6,8H2,(H,18,19). The number of benzene rings is 1. The molecule has 2 rings (SSSR count). The lowest BCUT2D eigenvalue weighted by Crippen LogP contribution is -2.36. The molecule has 0 amide bonds. The van der Waals surface area contributed by atoms with Gasteiger partial charge < -0.3 is 10.4 Å². The fraction of sp³-hybridized carbons (Fsp3) is 0.500. The summed E-state index contributed by atoms with van der Waals surface area (Å²) >= 11 is 6.03. The number of hydrogen-bond acceptors (Lipinski definition) is 4. The Morgan fingerprint density at radius 1 is 1.48 bits per heavy atom. The average molecular weight is 313 g/mol. The zero-order chi connectivity index (χ0) is 15.4. The van der Waals surface area contributed by atoms with E-state index in [1.165, 1.54) is 12.1 Å². The van der Waals surface area contributed by atoms with E-state index in [0.29, 0.717) is 18.0 Å². The molecule has 1 fully saturated rings. The third kappa shape index (κ3) is 4.15. The minimum atomic E-state index is -0.741. The van der Waals surface area contributed by atoms with Crippen LogP contribution in [-0.4, -0.2) is 22.0 Å². The van der Waals surface area contributed by atoms with E-state index in [-0.39, 0.29) is 17.6 Å². The Labute approximate surface area is 127 Å². The lowest BCUT2D eigenvalue weighted by Gasteiger charge is -2.27. The summed E-state index contributed by atoms with van der Waals surface area (Å²) in [5.74, 6) is -1.03. The second kappa shape index (κ2) is 6.87. The molecular formula is C14H17ClN2O4. The van der Waals surface area contributed by atoms with Gasteiger partial charge in [-0.1, -0.05) is 18.0 Å². The quantitative estimate of drug-likeness (QED) is 0.644. The van der Waals surface area contributed by atoms with Gasteiger partial charge in [0, 0.05) is 24.7 Å². The first-order chi connectivity index (χ1) is 9.97. The zero-order valence-corrected chi connectivity index (χ0v) is 12.2. The van der Waals surface area contributed by atoms with Crippen LogP contribution in [0.1, 0.15) is 31.2 Å². The molecule has 0 radical (unpaired) electrons. The van der Waals surface area contributed by atoms with Crippen LogP contribution in [0.15, 0.2) is 18.2 Å². The molecule has 1 aromatic rings. The van der Waals surface area contributed by atoms with Crippen LogP contribution >= 0.6 is 11.6 Å². The van der Waals surface area contributed by atoms with Crippen LogP contribution in [0.25, 0.3) is 0 Å². The monoisotopic (exact) mass is 312 g/mol. The number of carbonyl (C=O) groups is 1. The lowest BCUT2D eigenvalue weighted by atomic mass is 9.86. The maximum absolute atomic E-state index is 11.0. The van der Waals surface area contributed by atoms with Crippen molar-refractivity contribution in [1.29, 1.82) is 0 Å². The Hall–Kier alpha value is -1.66. The van der Waals surface area contributed by atoms with Crippen LogP contribution in [0.3, 0.4) is 0 Å². The van der Waals surface area contributed by atoms with E-state index >= 15 is 0 Å². The molecular weight excluding hydrogens is 296 g/mol. The van der Waals surface area contributed by atoms with Crippen LogP contribution in [0.2, 0.25) is 5.02 Å². The van der Waals surface area contributed by atoms with Crippen molar-refractivity contribution in [2.24, 2.45) is 5.92 Å². The second-order valence-corrected chi connectivity index (χ2v) is 5.72. The van der Waals surface area contributed by atoms with Gasteiger partial charge in [-0.05, 0) is 30.9 Å². The number of nitro groups is 1. The highest BCUT2D eigenvalue weighted by atomic mass is 35.5. The predicted molar refractivity (Wildman–Crippen MR) is 78.3 cm³/mol. The average Bonchev–Trinajstić information content (AvgIpc) is 2.46. The summed E-state index contributed by atoms with van der Waals surface area (Å²) in [6.07, 6.45) is 3.17. The van der Waals surface area contributed by atoms with Crippen LogP contribution in [-0.2, 0) is 11.3 Å². The molecule has 0 spiro atoms. The van der Waals surface area contributed by atoms with Gasteiger partial charge in [0.15, 0.2) is 0 Å². The normalized spacial score (nSPS) is 22.0. The SMILES string of the molecule is O=C(O)C1CCCC(NCc2ccc([N+](=O)[O-])cc2Cl)C1. The van der Waals surface area contributed by atoms with Gasteiger partial charge in [-0.2, -0.15) is 0 Å². The zero-order valence-electron chi connectivity index (χ0n) is 11.4. The molecule has 0 heterocycles. The van der Waals surface area contributed by atoms with Crippen molar-refractivity contribution in [3.05, 3.63) is 38.9 Å². The Bertz CT molecular complexity index is 550. The first-order valence-electron chi connectivity index (χ1n) is 6.86. The Kier molecular flexibility index (Phi) is 5.14. The Morgan fingerprint density at radius 3 is 2.86 bits per heavy atom. The van der Waals surface area contributed by atoms with E-state index < -0.39 is 10.9 Å². The number of nitro benzene ring substituents is 1. The number of aliphatic carboxylic acids is 1. The van der Waals surface area contributed by atoms with Crippen molar-refractivity contribution >= 4 is 23.3 Å². The molecule has 0 aromatic heterocycles. The van der Waals surface area contributed by atoms with Crippen molar-refractivity contribution in [2.45, 2.75) is 38.3 Å². The van der Waals surface area contributed by atoms with Crippen LogP contribution in [0, 0.1) is 16.0 Å². The van der Waals surface area contributed by atoms with Crippen LogP contribution in [0.5, 0.6) is 0 Å². The maximum Gasteiger partial charge on any atom is 0.306 e. The van der Waals surface area contributed by atoms with Gasteiger partial charge in [-0.15, -0.1) is 0 Å². The van der Waals surface area contributed by atoms with Crippen molar-refractivity contribution in [3.8, 4) is 0 Å². The highest BCUT2D eigenvalue weighted by molar-refractivity contribution is 6.31. The van der Waals surface area contributed by atoms with Crippen molar-refractivity contribution in [3.63, 3.8) is 0 Å². The summed E-state index contributed by atoms with van der Waals surface area (Å²) in [6, 6.07) is 4.53. The number of rotatable bonds is 5. The topological polar surface area (TPSA) is 92.5 Å². The van der Waals surface area contributed by atoms with Crippen LogP contribution < -0.4 is 5.32 Å². The summed E-state index contributed by atoms with van der Waals surface area (Å²) in [5.41, 5.74) is 0.743. The van der Waals surface area contributed by atoms with E-state index in [2.05, 4.69) is 5.32 Å². The minimum absolute atomic E-state index is 0.0349. The smallest absolute Gasteiger partial charge is 0.306 e. The van der Waals surface area contributed by atoms with Gasteiger partial charge in [0.05, 0.1) is 15.9 Å². The van der Waals surface area contributed by atoms with Gasteiger partial charge in [-0.3, -0.25) is 14.9 Å². The Morgan fingerprint density at radius 2 is 2.24 bits per heavy atom. The molecule has 7 heteroatoms. The molecule has 114 valence electrons. The van der Waals surface area contributed by atoms with E-state index in [1.807, 2.05) is 0 Å². The third-order valence-electron chi connectivity index (χ3n) is 3.85. The van der Waals surface area contributed by atoms with E-state index in [0.717, 1.165) is 24.8 Å². The first-order valence-corrected chi connectivity index (χ1v) is 7.24. The molecule has 0 aliphatic heterocycles. The fourth-order valence-corrected chi connectivity index (χ4v) is 2.89. The maximum atomic E-state index is 11.0. The fourth-order valence-electron chi connectivity index (χ4n) is 2.65. The molecule has 2 unspecified atom stereocenters. The summed E-state index contributed by atoms with van der Waals surface area (Å²) in [6.45, 7) is 0.480. The molecule has 1 aliphatic rings. The molecule has 1 aromatic carbocycles. The number of hydrogen-bond donors (Lipinski definition) is 2. The first kappa shape index (κ1) is 15.7. The molecule has 1 aliphatic carbocycles. The predicted octanol–water partition coefficient (Wildman–Crippen LogP) is 2.98. The number of carboxylic acid groups (broad SMARTS) is 1. The second-order valence-electron chi connectivity index (χ2n) is 5.31. The van der Waals surface area contributed by atoms with E-state index in [9.17, 15) is 14.9 Å². The summed E-state index contributed by atoms with van der Waals surface area (Å²) in [5, 5.41) is 23.3. The molecule has 0 bridgehead atoms. The molecule has 1 saturated carbocycles. The van der Waals surface area contributed by atoms with Gasteiger partial charge in [0.1, 0.15) is 0 Å². The number of halogens is 1. The minimum Gasteiger partial charge on any atom is -0.481 e. The number of non-ortho nitro benzene ring substituents is 1. The van der Waals surface area contributed by atoms with E-state index in [4.69, 9.17) is 16.7 Å². The van der Waals surface area contributed by atoms with Gasteiger partial charge >= 0.3 is 5.97 Å². The third-order valence-corrected chi connectivity index (χ3v) is 4.20. The molecule has 2 atom stereocenters. The molecule has 21 heavy (non-hydrogen) atoms. The van der Waals surface area contributed by atoms with Crippen molar-refractivity contribution in [2.75, 3.05) is 0 Å². The Balaban J connectivity index is 1.93. The van der Waals surface area contributed by atoms with Gasteiger partial charge in [-0.25, -0.2) is 0 Å². The number of carboxylic acids is 1. The number of nitrogens with zero attached hydrogens (tertiary/aromatic N) is 1. The molecule has 6 nitrogen and oxygen atoms in total. The highest BCUT2D eigenvalue weighted by Gasteiger charge is 2.26.